The molecule has 1 saturated carbocycles. The van der Waals surface area contributed by atoms with Gasteiger partial charge in [-0.25, -0.2) is 0 Å². The van der Waals surface area contributed by atoms with Crippen LogP contribution >= 0.6 is 0 Å². The molecule has 4 amide bonds. The molecule has 0 atom stereocenters. The highest BCUT2D eigenvalue weighted by molar-refractivity contribution is 6.22. The molecule has 29 heavy (non-hydrogen) atoms. The van der Waals surface area contributed by atoms with Gasteiger partial charge < -0.3 is 9.80 Å². The van der Waals surface area contributed by atoms with Crippen LogP contribution in [0.25, 0.3) is 0 Å². The zero-order valence-corrected chi connectivity index (χ0v) is 16.9. The zero-order chi connectivity index (χ0) is 20.5. The first-order valence-corrected chi connectivity index (χ1v) is 10.5. The molecule has 7 nitrogen and oxygen atoms in total. The van der Waals surface area contributed by atoms with Gasteiger partial charge in [-0.05, 0) is 31.0 Å². The summed E-state index contributed by atoms with van der Waals surface area (Å²) in [5.74, 6) is -0.652. The lowest BCUT2D eigenvalue weighted by Gasteiger charge is -2.34. The van der Waals surface area contributed by atoms with E-state index in [4.69, 9.17) is 0 Å². The topological polar surface area (TPSA) is 78.0 Å². The number of fused-ring (bicyclic) bond motifs is 1. The number of hydrogen-bond acceptors (Lipinski definition) is 4. The van der Waals surface area contributed by atoms with Crippen LogP contribution in [0.15, 0.2) is 18.2 Å². The average molecular weight is 397 g/mol. The van der Waals surface area contributed by atoms with E-state index in [1.807, 2.05) is 0 Å². The van der Waals surface area contributed by atoms with Crippen molar-refractivity contribution in [3.05, 3.63) is 34.9 Å². The minimum Gasteiger partial charge on any atom is -0.339 e. The predicted molar refractivity (Wildman–Crippen MR) is 107 cm³/mol. The summed E-state index contributed by atoms with van der Waals surface area (Å²) in [6.07, 6.45) is 6.09. The molecule has 154 valence electrons. The highest BCUT2D eigenvalue weighted by Crippen LogP contribution is 2.31. The van der Waals surface area contributed by atoms with Crippen molar-refractivity contribution in [3.63, 3.8) is 0 Å². The highest BCUT2D eigenvalue weighted by atomic mass is 16.2. The molecule has 1 aromatic carbocycles. The van der Waals surface area contributed by atoms with E-state index in [2.05, 4.69) is 0 Å². The van der Waals surface area contributed by atoms with Crippen LogP contribution in [0.5, 0.6) is 0 Å². The van der Waals surface area contributed by atoms with E-state index in [-0.39, 0.29) is 29.7 Å². The summed E-state index contributed by atoms with van der Waals surface area (Å²) in [6, 6.07) is 4.79. The van der Waals surface area contributed by atoms with Gasteiger partial charge in [-0.3, -0.25) is 24.1 Å². The van der Waals surface area contributed by atoms with E-state index in [1.165, 1.54) is 11.8 Å². The van der Waals surface area contributed by atoms with Crippen molar-refractivity contribution < 1.29 is 19.2 Å². The van der Waals surface area contributed by atoms with Crippen LogP contribution in [-0.2, 0) is 4.79 Å². The first kappa shape index (κ1) is 19.6. The Hall–Kier alpha value is -2.70. The maximum absolute atomic E-state index is 13.0. The lowest BCUT2D eigenvalue weighted by Crippen LogP contribution is -2.50. The van der Waals surface area contributed by atoms with Gasteiger partial charge in [0, 0.05) is 44.7 Å². The summed E-state index contributed by atoms with van der Waals surface area (Å²) in [5, 5.41) is 0. The highest BCUT2D eigenvalue weighted by Gasteiger charge is 2.40. The number of amides is 4. The maximum atomic E-state index is 13.0. The number of rotatable bonds is 2. The van der Waals surface area contributed by atoms with Crippen LogP contribution in [0, 0.1) is 0 Å². The average Bonchev–Trinajstić information content (AvgIpc) is 2.90. The number of carbonyl (C=O) groups is 4. The van der Waals surface area contributed by atoms with Crippen molar-refractivity contribution in [1.82, 2.24) is 14.7 Å². The van der Waals surface area contributed by atoms with E-state index in [0.29, 0.717) is 42.9 Å². The molecule has 1 aliphatic carbocycles. The Balaban J connectivity index is 1.51. The number of hydrogen-bond donors (Lipinski definition) is 0. The standard InChI is InChI=1S/C22H27N3O4/c1-15(26)23-10-12-24(13-11-23)20(27)16-8-9-18-19(14-16)22(29)25(21(18)28)17-6-4-2-3-5-7-17/h8-9,14,17H,2-7,10-13H2,1H3. The third-order valence-electron chi connectivity index (χ3n) is 6.37. The molecule has 7 heteroatoms. The van der Waals surface area contributed by atoms with E-state index < -0.39 is 0 Å². The molecular weight excluding hydrogens is 370 g/mol. The molecule has 1 saturated heterocycles. The lowest BCUT2D eigenvalue weighted by atomic mass is 10.0. The molecule has 0 N–H and O–H groups in total. The van der Waals surface area contributed by atoms with Crippen molar-refractivity contribution in [1.29, 1.82) is 0 Å². The van der Waals surface area contributed by atoms with E-state index in [9.17, 15) is 19.2 Å². The minimum absolute atomic E-state index is 0.0114. The Morgan fingerprint density at radius 2 is 1.41 bits per heavy atom. The Bertz CT molecular complexity index is 850. The summed E-state index contributed by atoms with van der Waals surface area (Å²) in [4.78, 5) is 55.1. The van der Waals surface area contributed by atoms with E-state index in [0.717, 1.165) is 38.5 Å². The normalized spacial score (nSPS) is 20.7. The van der Waals surface area contributed by atoms with Crippen LogP contribution in [0.3, 0.4) is 0 Å². The third-order valence-corrected chi connectivity index (χ3v) is 6.37. The van der Waals surface area contributed by atoms with Gasteiger partial charge in [0.1, 0.15) is 0 Å². The fourth-order valence-electron chi connectivity index (χ4n) is 4.65. The second-order valence-corrected chi connectivity index (χ2v) is 8.18. The third kappa shape index (κ3) is 3.66. The van der Waals surface area contributed by atoms with Gasteiger partial charge in [0.15, 0.2) is 0 Å². The SMILES string of the molecule is CC(=O)N1CCN(C(=O)c2ccc3c(c2)C(=O)N(C2CCCCCC2)C3=O)CC1. The van der Waals surface area contributed by atoms with Crippen molar-refractivity contribution in [2.75, 3.05) is 26.2 Å². The molecule has 2 aliphatic heterocycles. The first-order valence-electron chi connectivity index (χ1n) is 10.5. The van der Waals surface area contributed by atoms with Gasteiger partial charge in [-0.1, -0.05) is 25.7 Å². The quantitative estimate of drug-likeness (QED) is 0.567. The second-order valence-electron chi connectivity index (χ2n) is 8.18. The predicted octanol–water partition coefficient (Wildman–Crippen LogP) is 2.31. The van der Waals surface area contributed by atoms with Gasteiger partial charge in [0.05, 0.1) is 11.1 Å². The maximum Gasteiger partial charge on any atom is 0.261 e. The molecule has 2 heterocycles. The monoisotopic (exact) mass is 397 g/mol. The molecule has 0 unspecified atom stereocenters. The van der Waals surface area contributed by atoms with Crippen molar-refractivity contribution in [2.24, 2.45) is 0 Å². The Morgan fingerprint density at radius 3 is 2.03 bits per heavy atom. The molecule has 0 radical (unpaired) electrons. The summed E-state index contributed by atoms with van der Waals surface area (Å²) in [7, 11) is 0. The molecule has 0 spiro atoms. The van der Waals surface area contributed by atoms with E-state index in [1.54, 1.807) is 28.0 Å². The fourth-order valence-corrected chi connectivity index (χ4v) is 4.65. The molecule has 1 aromatic rings. The van der Waals surface area contributed by atoms with Crippen molar-refractivity contribution in [2.45, 2.75) is 51.5 Å². The lowest BCUT2D eigenvalue weighted by molar-refractivity contribution is -0.130. The molecule has 0 bridgehead atoms. The molecular formula is C22H27N3O4. The Morgan fingerprint density at radius 1 is 0.828 bits per heavy atom. The van der Waals surface area contributed by atoms with Crippen LogP contribution in [0.2, 0.25) is 0 Å². The van der Waals surface area contributed by atoms with E-state index >= 15 is 0 Å². The van der Waals surface area contributed by atoms with Crippen LogP contribution in [0.1, 0.15) is 76.5 Å². The molecule has 4 rings (SSSR count). The first-order chi connectivity index (χ1) is 14.0. The van der Waals surface area contributed by atoms with Crippen molar-refractivity contribution in [3.8, 4) is 0 Å². The number of piperazine rings is 1. The Labute approximate surface area is 170 Å². The van der Waals surface area contributed by atoms with Gasteiger partial charge >= 0.3 is 0 Å². The Kier molecular flexibility index (Phi) is 5.39. The molecule has 2 fully saturated rings. The summed E-state index contributed by atoms with van der Waals surface area (Å²) in [5.41, 5.74) is 1.16. The van der Waals surface area contributed by atoms with Gasteiger partial charge in [0.25, 0.3) is 17.7 Å². The molecule has 3 aliphatic rings. The van der Waals surface area contributed by atoms with Crippen LogP contribution in [0.4, 0.5) is 0 Å². The van der Waals surface area contributed by atoms with Gasteiger partial charge in [-0.2, -0.15) is 0 Å². The smallest absolute Gasteiger partial charge is 0.261 e. The fraction of sp³-hybridized carbons (Fsp3) is 0.545. The zero-order valence-electron chi connectivity index (χ0n) is 16.9. The van der Waals surface area contributed by atoms with Gasteiger partial charge in [0.2, 0.25) is 5.91 Å². The summed E-state index contributed by atoms with van der Waals surface area (Å²) < 4.78 is 0. The van der Waals surface area contributed by atoms with Crippen molar-refractivity contribution >= 4 is 23.6 Å². The van der Waals surface area contributed by atoms with Gasteiger partial charge in [-0.15, -0.1) is 0 Å². The summed E-state index contributed by atoms with van der Waals surface area (Å²) in [6.45, 7) is 3.49. The largest absolute Gasteiger partial charge is 0.339 e. The number of carbonyl (C=O) groups excluding carboxylic acids is 4. The molecule has 0 aromatic heterocycles. The number of nitrogens with zero attached hydrogens (tertiary/aromatic N) is 3. The summed E-state index contributed by atoms with van der Waals surface area (Å²) >= 11 is 0. The van der Waals surface area contributed by atoms with Crippen LogP contribution in [-0.4, -0.2) is 70.5 Å². The number of benzene rings is 1. The van der Waals surface area contributed by atoms with Crippen LogP contribution < -0.4 is 0 Å². The minimum atomic E-state index is -0.270. The number of imide groups is 1. The second kappa shape index (κ2) is 7.97.